The van der Waals surface area contributed by atoms with Crippen molar-refractivity contribution in [3.8, 4) is 0 Å². The van der Waals surface area contributed by atoms with Crippen molar-refractivity contribution in [2.45, 2.75) is 19.6 Å². The lowest BCUT2D eigenvalue weighted by Crippen LogP contribution is -2.38. The fourth-order valence-electron chi connectivity index (χ4n) is 1.01. The van der Waals surface area contributed by atoms with Crippen LogP contribution in [0.3, 0.4) is 0 Å². The van der Waals surface area contributed by atoms with Crippen molar-refractivity contribution in [2.75, 3.05) is 0 Å². The zero-order valence-corrected chi connectivity index (χ0v) is 9.03. The summed E-state index contributed by atoms with van der Waals surface area (Å²) in [7, 11) is -1.41. The Balaban J connectivity index is 3.13. The van der Waals surface area contributed by atoms with E-state index in [-0.39, 0.29) is 5.69 Å². The van der Waals surface area contributed by atoms with Crippen LogP contribution in [0.5, 0.6) is 0 Å². The fraction of sp³-hybridized carbons (Fsp3) is 0.333. The van der Waals surface area contributed by atoms with Crippen LogP contribution in [0, 0.1) is 0 Å². The van der Waals surface area contributed by atoms with Gasteiger partial charge in [-0.15, -0.1) is 0 Å². The van der Waals surface area contributed by atoms with Crippen molar-refractivity contribution < 1.29 is 9.90 Å². The molecule has 0 bridgehead atoms. The molecule has 1 aromatic rings. The second-order valence-corrected chi connectivity index (χ2v) is 9.06. The lowest BCUT2D eigenvalue weighted by atomic mass is 10.3. The Bertz CT molecular complexity index is 331. The van der Waals surface area contributed by atoms with E-state index in [1.807, 2.05) is 6.07 Å². The SMILES string of the molecule is C[Si](C)(C)c1ccnc(C(=O)O)c1. The first kappa shape index (κ1) is 9.92. The summed E-state index contributed by atoms with van der Waals surface area (Å²) in [6.07, 6.45) is 1.57. The number of carboxylic acids is 1. The third-order valence-electron chi connectivity index (χ3n) is 1.85. The van der Waals surface area contributed by atoms with E-state index in [0.29, 0.717) is 0 Å². The van der Waals surface area contributed by atoms with Crippen molar-refractivity contribution in [2.24, 2.45) is 0 Å². The maximum atomic E-state index is 10.6. The first-order valence-electron chi connectivity index (χ1n) is 4.11. The predicted molar refractivity (Wildman–Crippen MR) is 54.2 cm³/mol. The highest BCUT2D eigenvalue weighted by molar-refractivity contribution is 6.88. The summed E-state index contributed by atoms with van der Waals surface area (Å²) in [6, 6.07) is 3.58. The maximum absolute atomic E-state index is 10.6. The Morgan fingerprint density at radius 1 is 1.46 bits per heavy atom. The second-order valence-electron chi connectivity index (χ2n) is 3.98. The molecule has 70 valence electrons. The summed E-state index contributed by atoms with van der Waals surface area (Å²) in [5.74, 6) is -0.958. The van der Waals surface area contributed by atoms with Gasteiger partial charge in [-0.05, 0) is 12.1 Å². The standard InChI is InChI=1S/C9H13NO2Si/c1-13(2,3)7-4-5-10-8(6-7)9(11)12/h4-6H,1-3H3,(H,11,12). The van der Waals surface area contributed by atoms with Gasteiger partial charge in [-0.25, -0.2) is 9.78 Å². The van der Waals surface area contributed by atoms with Crippen LogP contribution < -0.4 is 5.19 Å². The fourth-order valence-corrected chi connectivity index (χ4v) is 2.16. The van der Waals surface area contributed by atoms with E-state index in [1.54, 1.807) is 12.3 Å². The first-order valence-corrected chi connectivity index (χ1v) is 7.61. The molecule has 0 saturated carbocycles. The third kappa shape index (κ3) is 2.38. The number of rotatable bonds is 2. The molecule has 0 aliphatic rings. The Morgan fingerprint density at radius 3 is 2.54 bits per heavy atom. The highest BCUT2D eigenvalue weighted by atomic mass is 28.3. The van der Waals surface area contributed by atoms with Gasteiger partial charge in [-0.2, -0.15) is 0 Å². The molecule has 1 heterocycles. The molecule has 3 nitrogen and oxygen atoms in total. The topological polar surface area (TPSA) is 50.2 Å². The van der Waals surface area contributed by atoms with Crippen LogP contribution in [0.25, 0.3) is 0 Å². The molecule has 0 aromatic carbocycles. The van der Waals surface area contributed by atoms with Crippen LogP contribution in [0.1, 0.15) is 10.5 Å². The molecule has 1 aromatic heterocycles. The second kappa shape index (κ2) is 3.30. The van der Waals surface area contributed by atoms with Gasteiger partial charge in [0.2, 0.25) is 0 Å². The Hall–Kier alpha value is -1.16. The van der Waals surface area contributed by atoms with E-state index >= 15 is 0 Å². The number of nitrogens with zero attached hydrogens (tertiary/aromatic N) is 1. The maximum Gasteiger partial charge on any atom is 0.354 e. The molecule has 4 heteroatoms. The summed E-state index contributed by atoms with van der Waals surface area (Å²) in [5, 5.41) is 9.85. The van der Waals surface area contributed by atoms with E-state index in [4.69, 9.17) is 5.11 Å². The number of aromatic carboxylic acids is 1. The molecule has 0 saturated heterocycles. The average molecular weight is 195 g/mol. The number of aromatic nitrogens is 1. The Kier molecular flexibility index (Phi) is 2.52. The quantitative estimate of drug-likeness (QED) is 0.724. The summed E-state index contributed by atoms with van der Waals surface area (Å²) in [6.45, 7) is 6.52. The number of carboxylic acid groups (broad SMARTS) is 1. The Labute approximate surface area is 78.4 Å². The van der Waals surface area contributed by atoms with Gasteiger partial charge >= 0.3 is 5.97 Å². The molecule has 0 atom stereocenters. The normalized spacial score (nSPS) is 11.3. The molecule has 0 amide bonds. The van der Waals surface area contributed by atoms with Gasteiger partial charge in [-0.3, -0.25) is 0 Å². The van der Waals surface area contributed by atoms with E-state index in [2.05, 4.69) is 24.6 Å². The molecule has 0 fully saturated rings. The number of carbonyl (C=O) groups is 1. The smallest absolute Gasteiger partial charge is 0.354 e. The molecule has 1 rings (SSSR count). The summed E-state index contributed by atoms with van der Waals surface area (Å²) in [4.78, 5) is 14.4. The van der Waals surface area contributed by atoms with Crippen LogP contribution in [-0.2, 0) is 0 Å². The lowest BCUT2D eigenvalue weighted by Gasteiger charge is -2.16. The first-order chi connectivity index (χ1) is 5.91. The highest BCUT2D eigenvalue weighted by Crippen LogP contribution is 2.02. The van der Waals surface area contributed by atoms with E-state index in [0.717, 1.165) is 5.19 Å². The minimum Gasteiger partial charge on any atom is -0.477 e. The van der Waals surface area contributed by atoms with Crippen molar-refractivity contribution in [1.82, 2.24) is 4.98 Å². The van der Waals surface area contributed by atoms with Crippen molar-refractivity contribution in [3.63, 3.8) is 0 Å². The minimum absolute atomic E-state index is 0.139. The number of hydrogen-bond acceptors (Lipinski definition) is 2. The predicted octanol–water partition coefficient (Wildman–Crippen LogP) is 1.32. The van der Waals surface area contributed by atoms with Gasteiger partial charge < -0.3 is 5.11 Å². The molecule has 0 radical (unpaired) electrons. The zero-order valence-electron chi connectivity index (χ0n) is 8.03. The molecule has 0 unspecified atom stereocenters. The lowest BCUT2D eigenvalue weighted by molar-refractivity contribution is 0.0690. The van der Waals surface area contributed by atoms with Gasteiger partial charge in [0.25, 0.3) is 0 Å². The summed E-state index contributed by atoms with van der Waals surface area (Å²) >= 11 is 0. The van der Waals surface area contributed by atoms with Gasteiger partial charge in [0.05, 0.1) is 8.07 Å². The van der Waals surface area contributed by atoms with Gasteiger partial charge in [0, 0.05) is 6.20 Å². The molecular formula is C9H13NO2Si. The van der Waals surface area contributed by atoms with E-state index < -0.39 is 14.0 Å². The van der Waals surface area contributed by atoms with Gasteiger partial charge in [0.15, 0.2) is 0 Å². The van der Waals surface area contributed by atoms with Gasteiger partial charge in [0.1, 0.15) is 5.69 Å². The molecule has 0 spiro atoms. The molecule has 13 heavy (non-hydrogen) atoms. The van der Waals surface area contributed by atoms with E-state index in [1.165, 1.54) is 0 Å². The van der Waals surface area contributed by atoms with Crippen molar-refractivity contribution >= 4 is 19.2 Å². The monoisotopic (exact) mass is 195 g/mol. The van der Waals surface area contributed by atoms with Crippen LogP contribution in [-0.4, -0.2) is 24.1 Å². The summed E-state index contributed by atoms with van der Waals surface area (Å²) < 4.78 is 0. The van der Waals surface area contributed by atoms with Crippen LogP contribution in [0.4, 0.5) is 0 Å². The van der Waals surface area contributed by atoms with Crippen LogP contribution in [0.2, 0.25) is 19.6 Å². The van der Waals surface area contributed by atoms with Crippen molar-refractivity contribution in [1.29, 1.82) is 0 Å². The molecule has 0 aliphatic carbocycles. The number of pyridine rings is 1. The number of hydrogen-bond donors (Lipinski definition) is 1. The van der Waals surface area contributed by atoms with Crippen molar-refractivity contribution in [3.05, 3.63) is 24.0 Å². The Morgan fingerprint density at radius 2 is 2.08 bits per heavy atom. The zero-order chi connectivity index (χ0) is 10.1. The van der Waals surface area contributed by atoms with Crippen LogP contribution >= 0.6 is 0 Å². The average Bonchev–Trinajstić information content (AvgIpc) is 2.03. The molecule has 0 aliphatic heterocycles. The molecule has 1 N–H and O–H groups in total. The third-order valence-corrected chi connectivity index (χ3v) is 3.89. The largest absolute Gasteiger partial charge is 0.477 e. The summed E-state index contributed by atoms with van der Waals surface area (Å²) in [5.41, 5.74) is 0.139. The van der Waals surface area contributed by atoms with E-state index in [9.17, 15) is 4.79 Å². The van der Waals surface area contributed by atoms with Gasteiger partial charge in [-0.1, -0.05) is 24.8 Å². The van der Waals surface area contributed by atoms with Crippen LogP contribution in [0.15, 0.2) is 18.3 Å². The highest BCUT2D eigenvalue weighted by Gasteiger charge is 2.17. The minimum atomic E-state index is -1.41. The molecular weight excluding hydrogens is 182 g/mol.